The summed E-state index contributed by atoms with van der Waals surface area (Å²) in [6.45, 7) is 3.33. The SMILES string of the molecule is COC(=O)CC1CN(CCc2ccc(OC)cc2)CCO1. The summed E-state index contributed by atoms with van der Waals surface area (Å²) < 4.78 is 15.4. The van der Waals surface area contributed by atoms with Crippen LogP contribution in [0.2, 0.25) is 0 Å². The van der Waals surface area contributed by atoms with E-state index in [0.29, 0.717) is 13.0 Å². The topological polar surface area (TPSA) is 48.0 Å². The number of esters is 1. The number of benzene rings is 1. The van der Waals surface area contributed by atoms with E-state index >= 15 is 0 Å². The summed E-state index contributed by atoms with van der Waals surface area (Å²) in [4.78, 5) is 13.6. The molecule has 0 radical (unpaired) electrons. The third-order valence-corrected chi connectivity index (χ3v) is 3.72. The average Bonchev–Trinajstić information content (AvgIpc) is 2.53. The summed E-state index contributed by atoms with van der Waals surface area (Å²) in [6.07, 6.45) is 1.26. The predicted molar refractivity (Wildman–Crippen MR) is 79.5 cm³/mol. The van der Waals surface area contributed by atoms with Gasteiger partial charge in [0.2, 0.25) is 0 Å². The molecule has 1 aliphatic heterocycles. The van der Waals surface area contributed by atoms with Gasteiger partial charge in [0.05, 0.1) is 33.4 Å². The minimum atomic E-state index is -0.211. The van der Waals surface area contributed by atoms with Crippen LogP contribution in [0, 0.1) is 0 Å². The number of nitrogens with zero attached hydrogens (tertiary/aromatic N) is 1. The van der Waals surface area contributed by atoms with Crippen molar-refractivity contribution >= 4 is 5.97 Å². The van der Waals surface area contributed by atoms with Crippen LogP contribution < -0.4 is 4.74 Å². The van der Waals surface area contributed by atoms with Crippen molar-refractivity contribution in [1.29, 1.82) is 0 Å². The maximum atomic E-state index is 11.3. The van der Waals surface area contributed by atoms with E-state index < -0.39 is 0 Å². The fraction of sp³-hybridized carbons (Fsp3) is 0.562. The Balaban J connectivity index is 1.78. The minimum absolute atomic E-state index is 0.0536. The third-order valence-electron chi connectivity index (χ3n) is 3.72. The van der Waals surface area contributed by atoms with Crippen molar-refractivity contribution in [1.82, 2.24) is 4.90 Å². The molecule has 0 aliphatic carbocycles. The molecular weight excluding hydrogens is 270 g/mol. The molecule has 1 aromatic rings. The molecule has 0 spiro atoms. The van der Waals surface area contributed by atoms with E-state index in [4.69, 9.17) is 9.47 Å². The lowest BCUT2D eigenvalue weighted by Crippen LogP contribution is -2.44. The van der Waals surface area contributed by atoms with E-state index in [-0.39, 0.29) is 12.1 Å². The molecule has 1 unspecified atom stereocenters. The van der Waals surface area contributed by atoms with E-state index in [2.05, 4.69) is 21.8 Å². The van der Waals surface area contributed by atoms with E-state index in [1.54, 1.807) is 7.11 Å². The number of hydrogen-bond acceptors (Lipinski definition) is 5. The Morgan fingerprint density at radius 2 is 2.10 bits per heavy atom. The first-order valence-electron chi connectivity index (χ1n) is 7.25. The first-order chi connectivity index (χ1) is 10.2. The highest BCUT2D eigenvalue weighted by Crippen LogP contribution is 2.14. The van der Waals surface area contributed by atoms with Gasteiger partial charge >= 0.3 is 5.97 Å². The highest BCUT2D eigenvalue weighted by molar-refractivity contribution is 5.69. The van der Waals surface area contributed by atoms with Gasteiger partial charge in [-0.25, -0.2) is 0 Å². The van der Waals surface area contributed by atoms with Crippen LogP contribution in [0.25, 0.3) is 0 Å². The zero-order chi connectivity index (χ0) is 15.1. The van der Waals surface area contributed by atoms with Gasteiger partial charge in [-0.2, -0.15) is 0 Å². The molecule has 1 aliphatic rings. The first kappa shape index (κ1) is 15.8. The number of carbonyl (C=O) groups is 1. The molecule has 0 saturated carbocycles. The Bertz CT molecular complexity index is 446. The molecule has 0 aromatic heterocycles. The Hall–Kier alpha value is -1.59. The molecule has 1 heterocycles. The van der Waals surface area contributed by atoms with Gasteiger partial charge in [-0.1, -0.05) is 12.1 Å². The lowest BCUT2D eigenvalue weighted by Gasteiger charge is -2.32. The third kappa shape index (κ3) is 5.02. The van der Waals surface area contributed by atoms with Crippen LogP contribution in [0.1, 0.15) is 12.0 Å². The second-order valence-electron chi connectivity index (χ2n) is 5.17. The summed E-state index contributed by atoms with van der Waals surface area (Å²) >= 11 is 0. The predicted octanol–water partition coefficient (Wildman–Crippen LogP) is 1.50. The van der Waals surface area contributed by atoms with Crippen molar-refractivity contribution in [3.8, 4) is 5.75 Å². The second-order valence-corrected chi connectivity index (χ2v) is 5.17. The van der Waals surface area contributed by atoms with Crippen molar-refractivity contribution in [3.05, 3.63) is 29.8 Å². The van der Waals surface area contributed by atoms with Crippen LogP contribution in [0.15, 0.2) is 24.3 Å². The van der Waals surface area contributed by atoms with Crippen LogP contribution in [0.3, 0.4) is 0 Å². The lowest BCUT2D eigenvalue weighted by molar-refractivity contribution is -0.145. The van der Waals surface area contributed by atoms with Gasteiger partial charge in [0.25, 0.3) is 0 Å². The smallest absolute Gasteiger partial charge is 0.308 e. The largest absolute Gasteiger partial charge is 0.497 e. The van der Waals surface area contributed by atoms with Crippen LogP contribution in [-0.4, -0.2) is 57.4 Å². The molecule has 1 fully saturated rings. The van der Waals surface area contributed by atoms with Gasteiger partial charge in [-0.3, -0.25) is 9.69 Å². The van der Waals surface area contributed by atoms with Crippen molar-refractivity contribution in [2.75, 3.05) is 40.5 Å². The first-order valence-corrected chi connectivity index (χ1v) is 7.25. The van der Waals surface area contributed by atoms with Crippen molar-refractivity contribution in [3.63, 3.8) is 0 Å². The molecule has 1 atom stereocenters. The molecule has 0 amide bonds. The zero-order valence-corrected chi connectivity index (χ0v) is 12.7. The number of methoxy groups -OCH3 is 2. The van der Waals surface area contributed by atoms with Crippen molar-refractivity contribution in [2.24, 2.45) is 0 Å². The Morgan fingerprint density at radius 3 is 2.76 bits per heavy atom. The number of morpholine rings is 1. The molecule has 21 heavy (non-hydrogen) atoms. The Labute approximate surface area is 125 Å². The normalized spacial score (nSPS) is 19.2. The molecule has 1 aromatic carbocycles. The van der Waals surface area contributed by atoms with Crippen LogP contribution in [0.5, 0.6) is 5.75 Å². The van der Waals surface area contributed by atoms with E-state index in [1.807, 2.05) is 12.1 Å². The van der Waals surface area contributed by atoms with Gasteiger partial charge in [0, 0.05) is 19.6 Å². The number of carbonyl (C=O) groups excluding carboxylic acids is 1. The molecule has 116 valence electrons. The van der Waals surface area contributed by atoms with E-state index in [0.717, 1.165) is 31.8 Å². The fourth-order valence-electron chi connectivity index (χ4n) is 2.46. The standard InChI is InChI=1S/C16H23NO4/c1-19-14-5-3-13(4-6-14)7-8-17-9-10-21-15(12-17)11-16(18)20-2/h3-6,15H,7-12H2,1-2H3. The minimum Gasteiger partial charge on any atom is -0.497 e. The van der Waals surface area contributed by atoms with Crippen LogP contribution in [-0.2, 0) is 20.7 Å². The summed E-state index contributed by atoms with van der Waals surface area (Å²) in [6, 6.07) is 8.14. The van der Waals surface area contributed by atoms with Gasteiger partial charge < -0.3 is 14.2 Å². The lowest BCUT2D eigenvalue weighted by atomic mass is 10.1. The fourth-order valence-corrected chi connectivity index (χ4v) is 2.46. The summed E-state index contributed by atoms with van der Waals surface area (Å²) in [5, 5.41) is 0. The maximum Gasteiger partial charge on any atom is 0.308 e. The van der Waals surface area contributed by atoms with Crippen LogP contribution in [0.4, 0.5) is 0 Å². The van der Waals surface area contributed by atoms with Crippen LogP contribution >= 0.6 is 0 Å². The summed E-state index contributed by atoms with van der Waals surface area (Å²) in [5.74, 6) is 0.667. The molecule has 1 saturated heterocycles. The second kappa shape index (κ2) is 8.00. The molecule has 2 rings (SSSR count). The number of rotatable bonds is 6. The molecule has 5 nitrogen and oxygen atoms in total. The Morgan fingerprint density at radius 1 is 1.33 bits per heavy atom. The monoisotopic (exact) mass is 293 g/mol. The zero-order valence-electron chi connectivity index (χ0n) is 12.7. The van der Waals surface area contributed by atoms with Crippen molar-refractivity contribution in [2.45, 2.75) is 18.9 Å². The number of hydrogen-bond donors (Lipinski definition) is 0. The van der Waals surface area contributed by atoms with Gasteiger partial charge in [0.1, 0.15) is 5.75 Å². The van der Waals surface area contributed by atoms with Crippen molar-refractivity contribution < 1.29 is 19.0 Å². The molecule has 5 heteroatoms. The van der Waals surface area contributed by atoms with Gasteiger partial charge in [-0.05, 0) is 24.1 Å². The van der Waals surface area contributed by atoms with E-state index in [9.17, 15) is 4.79 Å². The quantitative estimate of drug-likeness (QED) is 0.744. The molecular formula is C16H23NO4. The summed E-state index contributed by atoms with van der Waals surface area (Å²) in [5.41, 5.74) is 1.28. The maximum absolute atomic E-state index is 11.3. The highest BCUT2D eigenvalue weighted by atomic mass is 16.5. The highest BCUT2D eigenvalue weighted by Gasteiger charge is 2.22. The Kier molecular flexibility index (Phi) is 6.02. The molecule has 0 N–H and O–H groups in total. The van der Waals surface area contributed by atoms with Gasteiger partial charge in [-0.15, -0.1) is 0 Å². The summed E-state index contributed by atoms with van der Waals surface area (Å²) in [7, 11) is 3.08. The molecule has 0 bridgehead atoms. The number of ether oxygens (including phenoxy) is 3. The van der Waals surface area contributed by atoms with E-state index in [1.165, 1.54) is 12.7 Å². The van der Waals surface area contributed by atoms with Gasteiger partial charge in [0.15, 0.2) is 0 Å². The average molecular weight is 293 g/mol.